The highest BCUT2D eigenvalue weighted by atomic mass is 16.3. The normalized spacial score (nSPS) is 12.1. The molecule has 0 saturated heterocycles. The van der Waals surface area contributed by atoms with Gasteiger partial charge in [0.25, 0.3) is 5.91 Å². The van der Waals surface area contributed by atoms with Crippen molar-refractivity contribution in [2.75, 3.05) is 6.61 Å². The van der Waals surface area contributed by atoms with Gasteiger partial charge in [-0.1, -0.05) is 24.3 Å². The number of carbonyl (C=O) groups excluding carboxylic acids is 1. The van der Waals surface area contributed by atoms with Crippen molar-refractivity contribution in [3.63, 3.8) is 0 Å². The highest BCUT2D eigenvalue weighted by Crippen LogP contribution is 2.09. The monoisotopic (exact) mass is 272 g/mol. The predicted octanol–water partition coefficient (Wildman–Crippen LogP) is 2.50. The molecule has 0 aliphatic carbocycles. The predicted molar refractivity (Wildman–Crippen MR) is 79.0 cm³/mol. The Hall–Kier alpha value is -2.12. The highest BCUT2D eigenvalue weighted by Gasteiger charge is 2.08. The Kier molecular flexibility index (Phi) is 7.08. The summed E-state index contributed by atoms with van der Waals surface area (Å²) in [6.45, 7) is 1.67. The number of aliphatic hydroxyl groups is 1. The first-order chi connectivity index (χ1) is 9.67. The molecule has 20 heavy (non-hydrogen) atoms. The van der Waals surface area contributed by atoms with Crippen LogP contribution in [0.5, 0.6) is 0 Å². The molecule has 1 rings (SSSR count). The Morgan fingerprint density at radius 1 is 1.55 bits per heavy atom. The largest absolute Gasteiger partial charge is 0.394 e. The zero-order valence-corrected chi connectivity index (χ0v) is 11.7. The van der Waals surface area contributed by atoms with Crippen LogP contribution in [0.3, 0.4) is 0 Å². The van der Waals surface area contributed by atoms with Crippen LogP contribution in [0, 0.1) is 11.3 Å². The smallest absolute Gasteiger partial charge is 0.251 e. The Bertz CT molecular complexity index is 503. The zero-order chi connectivity index (χ0) is 14.8. The van der Waals surface area contributed by atoms with Crippen LogP contribution in [-0.4, -0.2) is 23.7 Å². The number of hydrogen-bond acceptors (Lipinski definition) is 3. The number of aliphatic hydroxyl groups excluding tert-OH is 1. The maximum atomic E-state index is 11.9. The maximum Gasteiger partial charge on any atom is 0.251 e. The number of benzene rings is 1. The van der Waals surface area contributed by atoms with E-state index in [1.165, 1.54) is 0 Å². The Balaban J connectivity index is 2.61. The first-order valence-corrected chi connectivity index (χ1v) is 6.72. The third kappa shape index (κ3) is 5.68. The minimum Gasteiger partial charge on any atom is -0.394 e. The molecule has 4 nitrogen and oxygen atoms in total. The summed E-state index contributed by atoms with van der Waals surface area (Å²) in [6.07, 6.45) is 6.22. The molecule has 0 aromatic heterocycles. The number of nitriles is 1. The SMILES string of the molecule is C[C@@H](CO)NC(=O)c1cccc(C=CCCCC#N)c1. The fraction of sp³-hybridized carbons (Fsp3) is 0.375. The minimum atomic E-state index is -0.257. The number of allylic oxidation sites excluding steroid dienone is 1. The van der Waals surface area contributed by atoms with E-state index in [9.17, 15) is 4.79 Å². The van der Waals surface area contributed by atoms with Gasteiger partial charge in [0, 0.05) is 18.0 Å². The van der Waals surface area contributed by atoms with Crippen molar-refractivity contribution in [1.82, 2.24) is 5.32 Å². The van der Waals surface area contributed by atoms with Crippen molar-refractivity contribution in [2.24, 2.45) is 0 Å². The van der Waals surface area contributed by atoms with Crippen molar-refractivity contribution in [2.45, 2.75) is 32.2 Å². The van der Waals surface area contributed by atoms with Crippen molar-refractivity contribution >= 4 is 12.0 Å². The van der Waals surface area contributed by atoms with Crippen molar-refractivity contribution in [1.29, 1.82) is 5.26 Å². The minimum absolute atomic E-state index is 0.0791. The molecule has 1 atom stereocenters. The van der Waals surface area contributed by atoms with Gasteiger partial charge in [-0.2, -0.15) is 5.26 Å². The van der Waals surface area contributed by atoms with Crippen LogP contribution in [0.4, 0.5) is 0 Å². The number of nitrogens with one attached hydrogen (secondary N) is 1. The third-order valence-corrected chi connectivity index (χ3v) is 2.77. The van der Waals surface area contributed by atoms with Crippen molar-refractivity contribution in [3.05, 3.63) is 41.5 Å². The number of amides is 1. The first-order valence-electron chi connectivity index (χ1n) is 6.72. The molecule has 1 aromatic carbocycles. The molecule has 0 unspecified atom stereocenters. The molecule has 0 saturated carbocycles. The summed E-state index contributed by atoms with van der Waals surface area (Å²) in [5, 5.41) is 20.1. The topological polar surface area (TPSA) is 73.1 Å². The third-order valence-electron chi connectivity index (χ3n) is 2.77. The van der Waals surface area contributed by atoms with Gasteiger partial charge in [-0.25, -0.2) is 0 Å². The van der Waals surface area contributed by atoms with Gasteiger partial charge >= 0.3 is 0 Å². The number of nitrogens with zero attached hydrogens (tertiary/aromatic N) is 1. The van der Waals surface area contributed by atoms with Gasteiger partial charge in [0.1, 0.15) is 0 Å². The fourth-order valence-corrected chi connectivity index (χ4v) is 1.65. The molecule has 106 valence electrons. The molecule has 0 aliphatic rings. The van der Waals surface area contributed by atoms with E-state index in [2.05, 4.69) is 11.4 Å². The highest BCUT2D eigenvalue weighted by molar-refractivity contribution is 5.94. The average molecular weight is 272 g/mol. The summed E-state index contributed by atoms with van der Waals surface area (Å²) >= 11 is 0. The zero-order valence-electron chi connectivity index (χ0n) is 11.7. The summed E-state index contributed by atoms with van der Waals surface area (Å²) in [6, 6.07) is 9.15. The van der Waals surface area contributed by atoms with E-state index in [0.29, 0.717) is 12.0 Å². The number of unbranched alkanes of at least 4 members (excludes halogenated alkanes) is 2. The molecule has 0 bridgehead atoms. The molecule has 1 aromatic rings. The molecule has 2 N–H and O–H groups in total. The molecule has 0 aliphatic heterocycles. The van der Waals surface area contributed by atoms with Gasteiger partial charge in [0.15, 0.2) is 0 Å². The van der Waals surface area contributed by atoms with Crippen molar-refractivity contribution < 1.29 is 9.90 Å². The van der Waals surface area contributed by atoms with Gasteiger partial charge in [-0.3, -0.25) is 4.79 Å². The molecule has 0 radical (unpaired) electrons. The van der Waals surface area contributed by atoms with Crippen LogP contribution in [-0.2, 0) is 0 Å². The van der Waals surface area contributed by atoms with Crippen LogP contribution in [0.1, 0.15) is 42.1 Å². The number of carbonyl (C=O) groups is 1. The van der Waals surface area contributed by atoms with Crippen LogP contribution < -0.4 is 5.32 Å². The Morgan fingerprint density at radius 3 is 3.05 bits per heavy atom. The van der Waals surface area contributed by atoms with E-state index < -0.39 is 0 Å². The van der Waals surface area contributed by atoms with Crippen LogP contribution in [0.15, 0.2) is 30.3 Å². The maximum absolute atomic E-state index is 11.9. The lowest BCUT2D eigenvalue weighted by molar-refractivity contribution is 0.0922. The molecule has 0 fully saturated rings. The second-order valence-corrected chi connectivity index (χ2v) is 4.64. The lowest BCUT2D eigenvalue weighted by atomic mass is 10.1. The Morgan fingerprint density at radius 2 is 2.35 bits per heavy atom. The molecule has 1 amide bonds. The van der Waals surface area contributed by atoms with E-state index in [1.807, 2.05) is 24.3 Å². The van der Waals surface area contributed by atoms with Gasteiger partial charge in [0.2, 0.25) is 0 Å². The number of rotatable bonds is 7. The molecular formula is C16H20N2O2. The molecule has 4 heteroatoms. The van der Waals surface area contributed by atoms with Crippen LogP contribution >= 0.6 is 0 Å². The summed E-state index contributed by atoms with van der Waals surface area (Å²) in [5.41, 5.74) is 1.52. The lowest BCUT2D eigenvalue weighted by Crippen LogP contribution is -2.34. The van der Waals surface area contributed by atoms with E-state index in [4.69, 9.17) is 10.4 Å². The van der Waals surface area contributed by atoms with Gasteiger partial charge in [-0.05, 0) is 37.5 Å². The quantitative estimate of drug-likeness (QED) is 0.749. The molecule has 0 spiro atoms. The fourth-order valence-electron chi connectivity index (χ4n) is 1.65. The average Bonchev–Trinajstić information content (AvgIpc) is 2.47. The van der Waals surface area contributed by atoms with Crippen molar-refractivity contribution in [3.8, 4) is 6.07 Å². The molecule has 0 heterocycles. The van der Waals surface area contributed by atoms with Crippen LogP contribution in [0.2, 0.25) is 0 Å². The first kappa shape index (κ1) is 15.9. The summed E-state index contributed by atoms with van der Waals surface area (Å²) in [7, 11) is 0. The summed E-state index contributed by atoms with van der Waals surface area (Å²) in [5.74, 6) is -0.189. The molecular weight excluding hydrogens is 252 g/mol. The lowest BCUT2D eigenvalue weighted by Gasteiger charge is -2.10. The summed E-state index contributed by atoms with van der Waals surface area (Å²) in [4.78, 5) is 11.9. The van der Waals surface area contributed by atoms with Gasteiger partial charge < -0.3 is 10.4 Å². The second kappa shape index (κ2) is 8.89. The van der Waals surface area contributed by atoms with E-state index >= 15 is 0 Å². The number of hydrogen-bond donors (Lipinski definition) is 2. The standard InChI is InChI=1S/C16H20N2O2/c1-13(12-19)18-16(20)15-9-6-8-14(11-15)7-4-2-3-5-10-17/h4,6-9,11,13,19H,2-3,5,12H2,1H3,(H,18,20)/t13-/m0/s1. The van der Waals surface area contributed by atoms with Gasteiger partial charge in [-0.15, -0.1) is 0 Å². The van der Waals surface area contributed by atoms with Crippen LogP contribution in [0.25, 0.3) is 6.08 Å². The van der Waals surface area contributed by atoms with E-state index in [0.717, 1.165) is 18.4 Å². The van der Waals surface area contributed by atoms with Gasteiger partial charge in [0.05, 0.1) is 12.7 Å². The van der Waals surface area contributed by atoms with E-state index in [1.54, 1.807) is 19.1 Å². The summed E-state index contributed by atoms with van der Waals surface area (Å²) < 4.78 is 0. The van der Waals surface area contributed by atoms with E-state index in [-0.39, 0.29) is 18.6 Å². The second-order valence-electron chi connectivity index (χ2n) is 4.64. The Labute approximate surface area is 119 Å².